The van der Waals surface area contributed by atoms with Gasteiger partial charge in [-0.3, -0.25) is 9.59 Å². The van der Waals surface area contributed by atoms with E-state index in [0.29, 0.717) is 37.3 Å². The lowest BCUT2D eigenvalue weighted by molar-refractivity contribution is -0.00716. The van der Waals surface area contributed by atoms with Gasteiger partial charge in [-0.05, 0) is 60.7 Å². The van der Waals surface area contributed by atoms with Crippen LogP contribution >= 0.6 is 0 Å². The Kier molecular flexibility index (Phi) is 6.82. The maximum Gasteiger partial charge on any atom is 0.263 e. The molecule has 5 rings (SSSR count). The number of nitrogens with zero attached hydrogens (tertiary/aromatic N) is 1. The minimum atomic E-state index is -2.51. The number of aliphatic hydroxyl groups is 1. The van der Waals surface area contributed by atoms with Crippen LogP contribution in [0.25, 0.3) is 0 Å². The van der Waals surface area contributed by atoms with E-state index in [0.717, 1.165) is 24.0 Å². The van der Waals surface area contributed by atoms with Crippen LogP contribution in [0.2, 0.25) is 0 Å². The molecule has 9 heteroatoms. The van der Waals surface area contributed by atoms with Gasteiger partial charge >= 0.3 is 0 Å². The van der Waals surface area contributed by atoms with Gasteiger partial charge in [0.1, 0.15) is 0 Å². The quantitative estimate of drug-likeness (QED) is 0.585. The number of rotatable bonds is 6. The third-order valence-corrected chi connectivity index (χ3v) is 7.28. The molecule has 3 aliphatic heterocycles. The lowest BCUT2D eigenvalue weighted by Crippen LogP contribution is -2.49. The normalized spacial score (nSPS) is 24.2. The zero-order chi connectivity index (χ0) is 24.5. The molecule has 0 aromatic heterocycles. The van der Waals surface area contributed by atoms with Crippen LogP contribution in [0.1, 0.15) is 56.7 Å². The topological polar surface area (TPSA) is 90.9 Å². The second-order valence-corrected chi connectivity index (χ2v) is 9.51. The minimum absolute atomic E-state index is 0.0122. The predicted octanol–water partition coefficient (Wildman–Crippen LogP) is 2.43. The Hall–Kier alpha value is -2.88. The van der Waals surface area contributed by atoms with Crippen LogP contribution in [0, 0.1) is 0 Å². The van der Waals surface area contributed by atoms with Crippen LogP contribution < -0.4 is 10.6 Å². The number of aliphatic hydroxyl groups excluding tert-OH is 1. The molecule has 0 radical (unpaired) electrons. The van der Waals surface area contributed by atoms with E-state index in [4.69, 9.17) is 4.74 Å². The van der Waals surface area contributed by atoms with Gasteiger partial charge < -0.3 is 25.4 Å². The summed E-state index contributed by atoms with van der Waals surface area (Å²) >= 11 is 0. The fourth-order valence-electron chi connectivity index (χ4n) is 5.28. The maximum absolute atomic E-state index is 13.0. The third-order valence-electron chi connectivity index (χ3n) is 7.28. The summed E-state index contributed by atoms with van der Waals surface area (Å²) in [6, 6.07) is 11.1. The Morgan fingerprint density at radius 1 is 1.06 bits per heavy atom. The highest BCUT2D eigenvalue weighted by atomic mass is 19.3. The van der Waals surface area contributed by atoms with Crippen molar-refractivity contribution in [1.29, 1.82) is 0 Å². The lowest BCUT2D eigenvalue weighted by Gasteiger charge is -2.34. The van der Waals surface area contributed by atoms with E-state index >= 15 is 0 Å². The van der Waals surface area contributed by atoms with E-state index in [1.54, 1.807) is 30.3 Å². The van der Waals surface area contributed by atoms with Crippen LogP contribution in [0.3, 0.4) is 0 Å². The molecular formula is C26H29F2N3O4. The molecule has 2 fully saturated rings. The molecule has 186 valence electrons. The molecule has 2 saturated heterocycles. The zero-order valence-electron chi connectivity index (χ0n) is 19.3. The molecule has 35 heavy (non-hydrogen) atoms. The van der Waals surface area contributed by atoms with Gasteiger partial charge in [0.2, 0.25) is 0 Å². The summed E-state index contributed by atoms with van der Waals surface area (Å²) in [7, 11) is 0. The van der Waals surface area contributed by atoms with Crippen LogP contribution in [-0.2, 0) is 17.7 Å². The van der Waals surface area contributed by atoms with Crippen molar-refractivity contribution in [2.24, 2.45) is 0 Å². The number of hydrogen-bond acceptors (Lipinski definition) is 5. The second-order valence-electron chi connectivity index (χ2n) is 9.51. The molecule has 3 aliphatic rings. The predicted molar refractivity (Wildman–Crippen MR) is 124 cm³/mol. The fraction of sp³-hybridized carbons (Fsp3) is 0.462. The van der Waals surface area contributed by atoms with Crippen LogP contribution in [0.15, 0.2) is 42.5 Å². The number of fused-ring (bicyclic) bond motifs is 3. The fourth-order valence-corrected chi connectivity index (χ4v) is 5.28. The number of ether oxygens (including phenoxy) is 1. The van der Waals surface area contributed by atoms with Gasteiger partial charge in [0, 0.05) is 35.8 Å². The first-order chi connectivity index (χ1) is 16.9. The van der Waals surface area contributed by atoms with E-state index in [1.165, 1.54) is 12.1 Å². The average molecular weight is 486 g/mol. The van der Waals surface area contributed by atoms with Gasteiger partial charge in [0.05, 0.1) is 31.4 Å². The molecule has 3 unspecified atom stereocenters. The highest BCUT2D eigenvalue weighted by molar-refractivity contribution is 5.98. The van der Waals surface area contributed by atoms with Gasteiger partial charge in [-0.2, -0.15) is 0 Å². The number of amides is 2. The minimum Gasteiger partial charge on any atom is -0.390 e. The summed E-state index contributed by atoms with van der Waals surface area (Å²) in [6.45, 7) is 1.57. The molecule has 2 bridgehead atoms. The van der Waals surface area contributed by atoms with Crippen LogP contribution in [0.5, 0.6) is 0 Å². The summed E-state index contributed by atoms with van der Waals surface area (Å²) in [5.74, 6) is -0.375. The summed E-state index contributed by atoms with van der Waals surface area (Å²) in [5.41, 5.74) is 2.65. The van der Waals surface area contributed by atoms with Crippen molar-refractivity contribution >= 4 is 11.8 Å². The van der Waals surface area contributed by atoms with Crippen molar-refractivity contribution in [2.75, 3.05) is 19.8 Å². The number of carbonyl (C=O) groups excluding carboxylic acids is 2. The van der Waals surface area contributed by atoms with Crippen molar-refractivity contribution in [3.63, 3.8) is 0 Å². The number of morpholine rings is 1. The highest BCUT2D eigenvalue weighted by Gasteiger charge is 2.40. The van der Waals surface area contributed by atoms with E-state index < -0.39 is 12.5 Å². The molecule has 2 aromatic rings. The average Bonchev–Trinajstić information content (AvgIpc) is 3.13. The molecule has 2 amide bonds. The summed E-state index contributed by atoms with van der Waals surface area (Å²) < 4.78 is 31.4. The number of alkyl halides is 2. The van der Waals surface area contributed by atoms with E-state index in [-0.39, 0.29) is 42.0 Å². The lowest BCUT2D eigenvalue weighted by atomic mass is 9.91. The van der Waals surface area contributed by atoms with Gasteiger partial charge in [-0.15, -0.1) is 0 Å². The molecule has 7 nitrogen and oxygen atoms in total. The molecule has 0 spiro atoms. The molecule has 0 saturated carbocycles. The molecule has 0 aliphatic carbocycles. The first-order valence-electron chi connectivity index (χ1n) is 12.0. The van der Waals surface area contributed by atoms with E-state index in [9.17, 15) is 23.5 Å². The number of benzene rings is 2. The Balaban J connectivity index is 1.14. The zero-order valence-corrected chi connectivity index (χ0v) is 19.3. The molecule has 4 atom stereocenters. The standard InChI is InChI=1S/C26H29F2N3O4/c27-24(28)18-6-5-17-10-22(29-11-19(17)9-18)23(32)12-30-25(33)15-1-3-16(4-2-15)26(34)31-20-7-8-21(31)14-35-13-20/h1-6,9,20-24,29,32H,7-8,10-14H2,(H,30,33)/t20?,21?,22-,23?/m0/s1. The Bertz CT molecular complexity index is 1080. The highest BCUT2D eigenvalue weighted by Crippen LogP contribution is 2.30. The van der Waals surface area contributed by atoms with Gasteiger partial charge in [0.15, 0.2) is 0 Å². The molecule has 3 N–H and O–H groups in total. The SMILES string of the molecule is O=C(NCC(O)[C@@H]1Cc2ccc(C(F)F)cc2CN1)c1ccc(C(=O)N2C3CCC2COC3)cc1. The summed E-state index contributed by atoms with van der Waals surface area (Å²) in [5, 5.41) is 16.5. The molecular weight excluding hydrogens is 456 g/mol. The summed E-state index contributed by atoms with van der Waals surface area (Å²) in [4.78, 5) is 27.5. The number of carbonyl (C=O) groups is 2. The number of nitrogens with one attached hydrogen (secondary N) is 2. The third kappa shape index (κ3) is 4.94. The smallest absolute Gasteiger partial charge is 0.263 e. The largest absolute Gasteiger partial charge is 0.390 e. The Morgan fingerprint density at radius 2 is 1.74 bits per heavy atom. The first-order valence-corrected chi connectivity index (χ1v) is 12.0. The van der Waals surface area contributed by atoms with Gasteiger partial charge in [-0.25, -0.2) is 8.78 Å². The second kappa shape index (κ2) is 10.0. The number of halogens is 2. The van der Waals surface area contributed by atoms with Crippen LogP contribution in [0.4, 0.5) is 8.78 Å². The first kappa shape index (κ1) is 23.8. The van der Waals surface area contributed by atoms with Crippen molar-refractivity contribution < 1.29 is 28.2 Å². The van der Waals surface area contributed by atoms with Crippen molar-refractivity contribution in [3.8, 4) is 0 Å². The van der Waals surface area contributed by atoms with Crippen molar-refractivity contribution in [3.05, 3.63) is 70.3 Å². The van der Waals surface area contributed by atoms with Gasteiger partial charge in [0.25, 0.3) is 18.2 Å². The number of hydrogen-bond donors (Lipinski definition) is 3. The Morgan fingerprint density at radius 3 is 2.43 bits per heavy atom. The van der Waals surface area contributed by atoms with Gasteiger partial charge in [-0.1, -0.05) is 12.1 Å². The van der Waals surface area contributed by atoms with Crippen molar-refractivity contribution in [2.45, 2.75) is 56.5 Å². The van der Waals surface area contributed by atoms with Crippen LogP contribution in [-0.4, -0.2) is 65.8 Å². The summed E-state index contributed by atoms with van der Waals surface area (Å²) in [6.07, 6.45) is -0.967. The van der Waals surface area contributed by atoms with E-state index in [2.05, 4.69) is 10.6 Å². The maximum atomic E-state index is 13.0. The van der Waals surface area contributed by atoms with Crippen molar-refractivity contribution in [1.82, 2.24) is 15.5 Å². The Labute approximate surface area is 202 Å². The molecule has 3 heterocycles. The molecule has 2 aromatic carbocycles. The van der Waals surface area contributed by atoms with E-state index in [1.807, 2.05) is 4.90 Å². The monoisotopic (exact) mass is 485 g/mol.